The van der Waals surface area contributed by atoms with Crippen molar-refractivity contribution in [2.45, 2.75) is 11.8 Å². The molecule has 2 aromatic carbocycles. The summed E-state index contributed by atoms with van der Waals surface area (Å²) < 4.78 is 27.6. The van der Waals surface area contributed by atoms with Gasteiger partial charge in [0.05, 0.1) is 27.0 Å². The van der Waals surface area contributed by atoms with E-state index in [0.717, 1.165) is 0 Å². The number of benzene rings is 2. The highest BCUT2D eigenvalue weighted by atomic mass is 35.5. The monoisotopic (exact) mass is 363 g/mol. The number of anilines is 3. The smallest absolute Gasteiger partial charge is 0.271 e. The standard InChI is InChI=1S/C16H14ClN3O3S/c1-2-12-16(21)19-14-8-7-10(9-15(14)18-12)24(22,23)20-13-6-4-3-5-11(13)17/h2-9,18,20H,1H3,(H,19,21)/b12-2-. The second kappa shape index (κ2) is 6.18. The van der Waals surface area contributed by atoms with E-state index in [1.54, 1.807) is 37.3 Å². The van der Waals surface area contributed by atoms with Crippen molar-refractivity contribution in [1.29, 1.82) is 0 Å². The molecule has 0 aliphatic carbocycles. The van der Waals surface area contributed by atoms with E-state index in [-0.39, 0.29) is 10.8 Å². The van der Waals surface area contributed by atoms with Gasteiger partial charge in [0.2, 0.25) is 0 Å². The van der Waals surface area contributed by atoms with E-state index in [4.69, 9.17) is 11.6 Å². The summed E-state index contributed by atoms with van der Waals surface area (Å²) in [7, 11) is -3.81. The highest BCUT2D eigenvalue weighted by Crippen LogP contribution is 2.31. The lowest BCUT2D eigenvalue weighted by molar-refractivity contribution is -0.112. The maximum absolute atomic E-state index is 12.6. The summed E-state index contributed by atoms with van der Waals surface area (Å²) in [6.07, 6.45) is 1.61. The topological polar surface area (TPSA) is 87.3 Å². The van der Waals surface area contributed by atoms with Crippen LogP contribution in [0.15, 0.2) is 59.1 Å². The van der Waals surface area contributed by atoms with Gasteiger partial charge in [-0.1, -0.05) is 29.8 Å². The number of carbonyl (C=O) groups is 1. The lowest BCUT2D eigenvalue weighted by Gasteiger charge is -2.21. The number of hydrogen-bond donors (Lipinski definition) is 3. The van der Waals surface area contributed by atoms with Crippen molar-refractivity contribution in [1.82, 2.24) is 0 Å². The Bertz CT molecular complexity index is 955. The zero-order chi connectivity index (χ0) is 17.3. The van der Waals surface area contributed by atoms with E-state index in [9.17, 15) is 13.2 Å². The molecule has 0 fully saturated rings. The van der Waals surface area contributed by atoms with Gasteiger partial charge in [-0.25, -0.2) is 8.42 Å². The maximum Gasteiger partial charge on any atom is 0.271 e. The van der Waals surface area contributed by atoms with Gasteiger partial charge in [0.25, 0.3) is 15.9 Å². The van der Waals surface area contributed by atoms with Crippen LogP contribution in [0.1, 0.15) is 6.92 Å². The number of halogens is 1. The fourth-order valence-corrected chi connectivity index (χ4v) is 3.59. The normalized spacial score (nSPS) is 15.4. The Labute approximate surface area is 144 Å². The number of rotatable bonds is 3. The minimum absolute atomic E-state index is 0.0558. The Kier molecular flexibility index (Phi) is 4.21. The predicted octanol–water partition coefficient (Wildman–Crippen LogP) is 3.41. The molecule has 6 nitrogen and oxygen atoms in total. The molecule has 0 unspecified atom stereocenters. The van der Waals surface area contributed by atoms with Crippen molar-refractivity contribution in [3.8, 4) is 0 Å². The summed E-state index contributed by atoms with van der Waals surface area (Å²) in [5.41, 5.74) is 1.68. The molecule has 1 amide bonds. The van der Waals surface area contributed by atoms with Crippen LogP contribution in [-0.4, -0.2) is 14.3 Å². The number of fused-ring (bicyclic) bond motifs is 1. The second-order valence-corrected chi connectivity index (χ2v) is 7.16. The summed E-state index contributed by atoms with van der Waals surface area (Å²) in [5, 5.41) is 5.91. The molecule has 1 heterocycles. The number of amides is 1. The van der Waals surface area contributed by atoms with Crippen LogP contribution in [0.4, 0.5) is 17.1 Å². The SMILES string of the molecule is C/C=C1\Nc2cc(S(=O)(=O)Nc3ccccc3Cl)ccc2NC1=O. The van der Waals surface area contributed by atoms with Gasteiger partial charge >= 0.3 is 0 Å². The summed E-state index contributed by atoms with van der Waals surface area (Å²) in [5.74, 6) is -0.269. The molecule has 0 saturated heterocycles. The highest BCUT2D eigenvalue weighted by molar-refractivity contribution is 7.92. The van der Waals surface area contributed by atoms with Crippen molar-refractivity contribution >= 4 is 44.6 Å². The second-order valence-electron chi connectivity index (χ2n) is 5.07. The molecule has 24 heavy (non-hydrogen) atoms. The summed E-state index contributed by atoms with van der Waals surface area (Å²) in [6.45, 7) is 1.71. The lowest BCUT2D eigenvalue weighted by atomic mass is 10.2. The first-order chi connectivity index (χ1) is 11.4. The first-order valence-corrected chi connectivity index (χ1v) is 8.93. The van der Waals surface area contributed by atoms with Gasteiger partial charge in [-0.2, -0.15) is 0 Å². The van der Waals surface area contributed by atoms with Crippen LogP contribution >= 0.6 is 11.6 Å². The van der Waals surface area contributed by atoms with Crippen LogP contribution in [0, 0.1) is 0 Å². The zero-order valence-electron chi connectivity index (χ0n) is 12.6. The molecular formula is C16H14ClN3O3S. The summed E-state index contributed by atoms with van der Waals surface area (Å²) >= 11 is 5.99. The third kappa shape index (κ3) is 3.08. The van der Waals surface area contributed by atoms with Crippen LogP contribution in [0.3, 0.4) is 0 Å². The van der Waals surface area contributed by atoms with E-state index in [1.807, 2.05) is 0 Å². The van der Waals surface area contributed by atoms with Crippen molar-refractivity contribution in [2.75, 3.05) is 15.4 Å². The zero-order valence-corrected chi connectivity index (χ0v) is 14.2. The number of sulfonamides is 1. The molecule has 3 N–H and O–H groups in total. The van der Waals surface area contributed by atoms with Crippen LogP contribution in [-0.2, 0) is 14.8 Å². The minimum Gasteiger partial charge on any atom is -0.350 e. The molecule has 124 valence electrons. The van der Waals surface area contributed by atoms with Crippen molar-refractivity contribution in [3.63, 3.8) is 0 Å². The summed E-state index contributed by atoms with van der Waals surface area (Å²) in [6, 6.07) is 11.0. The van der Waals surface area contributed by atoms with E-state index in [2.05, 4.69) is 15.4 Å². The van der Waals surface area contributed by atoms with Gasteiger partial charge in [-0.3, -0.25) is 9.52 Å². The van der Waals surface area contributed by atoms with Gasteiger partial charge < -0.3 is 10.6 Å². The molecule has 1 aliphatic rings. The Balaban J connectivity index is 1.96. The van der Waals surface area contributed by atoms with Crippen LogP contribution in [0.5, 0.6) is 0 Å². The average molecular weight is 364 g/mol. The summed E-state index contributed by atoms with van der Waals surface area (Å²) in [4.78, 5) is 11.8. The number of allylic oxidation sites excluding steroid dienone is 1. The van der Waals surface area contributed by atoms with Crippen molar-refractivity contribution < 1.29 is 13.2 Å². The molecule has 0 saturated carbocycles. The van der Waals surface area contributed by atoms with Gasteiger partial charge in [0, 0.05) is 0 Å². The van der Waals surface area contributed by atoms with E-state index >= 15 is 0 Å². The van der Waals surface area contributed by atoms with Crippen molar-refractivity contribution in [2.24, 2.45) is 0 Å². The van der Waals surface area contributed by atoms with Gasteiger partial charge in [0.1, 0.15) is 5.70 Å². The molecule has 1 aliphatic heterocycles. The Morgan fingerprint density at radius 1 is 1.08 bits per heavy atom. The van der Waals surface area contributed by atoms with Crippen molar-refractivity contribution in [3.05, 3.63) is 59.3 Å². The van der Waals surface area contributed by atoms with E-state index in [1.165, 1.54) is 18.2 Å². The predicted molar refractivity (Wildman–Crippen MR) is 94.7 cm³/mol. The van der Waals surface area contributed by atoms with Crippen LogP contribution in [0.25, 0.3) is 0 Å². The molecule has 2 aromatic rings. The Morgan fingerprint density at radius 2 is 1.83 bits per heavy atom. The number of para-hydroxylation sites is 1. The van der Waals surface area contributed by atoms with Crippen LogP contribution < -0.4 is 15.4 Å². The highest BCUT2D eigenvalue weighted by Gasteiger charge is 2.22. The largest absolute Gasteiger partial charge is 0.350 e. The number of hydrogen-bond acceptors (Lipinski definition) is 4. The first kappa shape index (κ1) is 16.4. The third-order valence-corrected chi connectivity index (χ3v) is 5.16. The van der Waals surface area contributed by atoms with E-state index in [0.29, 0.717) is 27.8 Å². The Morgan fingerprint density at radius 3 is 2.54 bits per heavy atom. The molecule has 0 radical (unpaired) electrons. The van der Waals surface area contributed by atoms with Gasteiger partial charge in [-0.05, 0) is 37.3 Å². The number of carbonyl (C=O) groups excluding carboxylic acids is 1. The maximum atomic E-state index is 12.6. The number of nitrogens with one attached hydrogen (secondary N) is 3. The Hall–Kier alpha value is -2.51. The fraction of sp³-hybridized carbons (Fsp3) is 0.0625. The molecule has 0 spiro atoms. The molecule has 0 aromatic heterocycles. The third-order valence-electron chi connectivity index (χ3n) is 3.47. The van der Waals surface area contributed by atoms with Crippen LogP contribution in [0.2, 0.25) is 5.02 Å². The lowest BCUT2D eigenvalue weighted by Crippen LogP contribution is -2.25. The van der Waals surface area contributed by atoms with Gasteiger partial charge in [-0.15, -0.1) is 0 Å². The first-order valence-electron chi connectivity index (χ1n) is 7.07. The van der Waals surface area contributed by atoms with E-state index < -0.39 is 10.0 Å². The quantitative estimate of drug-likeness (QED) is 0.729. The average Bonchev–Trinajstić information content (AvgIpc) is 2.55. The molecule has 3 rings (SSSR count). The van der Waals surface area contributed by atoms with Gasteiger partial charge in [0.15, 0.2) is 0 Å². The minimum atomic E-state index is -3.81. The molecular weight excluding hydrogens is 350 g/mol. The molecule has 0 bridgehead atoms. The fourth-order valence-electron chi connectivity index (χ4n) is 2.25. The molecule has 8 heteroatoms. The molecule has 0 atom stereocenters.